The van der Waals surface area contributed by atoms with Gasteiger partial charge in [0.2, 0.25) is 5.91 Å². The number of fused-ring (bicyclic) bond motifs is 4. The molecule has 3 aliphatic rings. The van der Waals surface area contributed by atoms with Crippen LogP contribution in [-0.4, -0.2) is 18.6 Å². The number of amides is 1. The van der Waals surface area contributed by atoms with E-state index in [0.29, 0.717) is 6.42 Å². The lowest BCUT2D eigenvalue weighted by Gasteiger charge is -2.39. The number of ether oxygens (including phenoxy) is 1. The van der Waals surface area contributed by atoms with Crippen LogP contribution in [0.3, 0.4) is 0 Å². The third-order valence-corrected chi connectivity index (χ3v) is 7.02. The van der Waals surface area contributed by atoms with Crippen LogP contribution in [0.25, 0.3) is 11.1 Å². The van der Waals surface area contributed by atoms with Gasteiger partial charge in [-0.3, -0.25) is 4.79 Å². The Hall–Kier alpha value is -3.33. The summed E-state index contributed by atoms with van der Waals surface area (Å²) in [5.41, 5.74) is 5.57. The maximum absolute atomic E-state index is 13.7. The van der Waals surface area contributed by atoms with Crippen LogP contribution < -0.4 is 9.64 Å². The number of rotatable bonds is 1. The lowest BCUT2D eigenvalue weighted by Crippen LogP contribution is -2.46. The third kappa shape index (κ3) is 2.12. The Labute approximate surface area is 176 Å². The summed E-state index contributed by atoms with van der Waals surface area (Å²) in [4.78, 5) is 15.5. The molecule has 30 heavy (non-hydrogen) atoms. The zero-order valence-electron chi connectivity index (χ0n) is 17.2. The molecule has 1 amide bonds. The van der Waals surface area contributed by atoms with E-state index in [1.165, 1.54) is 5.56 Å². The Morgan fingerprint density at radius 2 is 1.57 bits per heavy atom. The molecule has 2 heterocycles. The minimum Gasteiger partial charge on any atom is -0.482 e. The van der Waals surface area contributed by atoms with E-state index in [2.05, 4.69) is 55.5 Å². The highest BCUT2D eigenvalue weighted by Gasteiger charge is 2.61. The molecule has 1 aliphatic carbocycles. The van der Waals surface area contributed by atoms with E-state index in [0.717, 1.165) is 40.1 Å². The van der Waals surface area contributed by atoms with Gasteiger partial charge in [0, 0.05) is 31.0 Å². The monoisotopic (exact) mass is 393 g/mol. The first-order chi connectivity index (χ1) is 14.5. The smallest absolute Gasteiger partial charge is 0.237 e. The van der Waals surface area contributed by atoms with E-state index < -0.39 is 11.0 Å². The van der Waals surface area contributed by atoms with Crippen molar-refractivity contribution in [2.24, 2.45) is 5.41 Å². The lowest BCUT2D eigenvalue weighted by atomic mass is 9.74. The largest absolute Gasteiger partial charge is 0.482 e. The number of nitrogens with zero attached hydrogens (tertiary/aromatic N) is 1. The highest BCUT2D eigenvalue weighted by Crippen LogP contribution is 2.64. The molecule has 3 aromatic rings. The van der Waals surface area contributed by atoms with Gasteiger partial charge in [-0.1, -0.05) is 66.7 Å². The van der Waals surface area contributed by atoms with E-state index >= 15 is 0 Å². The van der Waals surface area contributed by atoms with Crippen LogP contribution in [0.2, 0.25) is 0 Å². The van der Waals surface area contributed by atoms with Crippen LogP contribution in [0.15, 0.2) is 78.9 Å². The number of hydrogen-bond acceptors (Lipinski definition) is 2. The maximum atomic E-state index is 13.7. The molecule has 0 bridgehead atoms. The second-order valence-electron chi connectivity index (χ2n) is 8.89. The van der Waals surface area contributed by atoms with E-state index in [4.69, 9.17) is 4.74 Å². The second kappa shape index (κ2) is 5.85. The van der Waals surface area contributed by atoms with Crippen molar-refractivity contribution >= 4 is 22.7 Å². The van der Waals surface area contributed by atoms with Crippen molar-refractivity contribution < 1.29 is 9.53 Å². The van der Waals surface area contributed by atoms with Crippen LogP contribution in [0, 0.1) is 5.41 Å². The second-order valence-corrected chi connectivity index (χ2v) is 8.89. The molecule has 2 unspecified atom stereocenters. The molecule has 3 nitrogen and oxygen atoms in total. The molecule has 0 N–H and O–H groups in total. The molecule has 3 aromatic carbocycles. The molecule has 2 aliphatic heterocycles. The van der Waals surface area contributed by atoms with Crippen LogP contribution in [0.5, 0.6) is 5.75 Å². The summed E-state index contributed by atoms with van der Waals surface area (Å²) >= 11 is 0. The number of carbonyl (C=O) groups excluding carboxylic acids is 1. The normalized spacial score (nSPS) is 26.5. The molecule has 3 heteroatoms. The number of anilines is 1. The first-order valence-electron chi connectivity index (χ1n) is 10.5. The van der Waals surface area contributed by atoms with Gasteiger partial charge in [0.1, 0.15) is 11.4 Å². The van der Waals surface area contributed by atoms with E-state index in [-0.39, 0.29) is 5.91 Å². The number of benzene rings is 3. The van der Waals surface area contributed by atoms with Gasteiger partial charge >= 0.3 is 0 Å². The minimum atomic E-state index is -0.629. The molecule has 0 radical (unpaired) electrons. The quantitative estimate of drug-likeness (QED) is 0.557. The standard InChI is InChI=1S/C27H23NO2/c1-26-17-27(16-19-12-6-9-15-22(19)30-27)23(18-10-4-3-5-11-18)24(26)20-13-7-8-14-21(20)28(2)25(26)29/h3-15H,16-17H2,1-2H3. The molecule has 0 saturated heterocycles. The predicted molar refractivity (Wildman–Crippen MR) is 119 cm³/mol. The fourth-order valence-corrected chi connectivity index (χ4v) is 5.88. The van der Waals surface area contributed by atoms with Crippen molar-refractivity contribution in [1.29, 1.82) is 0 Å². The zero-order chi connectivity index (χ0) is 20.5. The average Bonchev–Trinajstić information content (AvgIpc) is 3.26. The summed E-state index contributed by atoms with van der Waals surface area (Å²) < 4.78 is 6.75. The molecule has 0 aromatic heterocycles. The Balaban J connectivity index is 1.69. The molecule has 2 atom stereocenters. The fraction of sp³-hybridized carbons (Fsp3) is 0.222. The van der Waals surface area contributed by atoms with Crippen molar-refractivity contribution in [3.63, 3.8) is 0 Å². The number of hydrogen-bond donors (Lipinski definition) is 0. The average molecular weight is 393 g/mol. The summed E-state index contributed by atoms with van der Waals surface area (Å²) in [6.45, 7) is 2.10. The van der Waals surface area contributed by atoms with Crippen LogP contribution >= 0.6 is 0 Å². The lowest BCUT2D eigenvalue weighted by molar-refractivity contribution is -0.125. The molecule has 0 fully saturated rings. The molecular formula is C27H23NO2. The van der Waals surface area contributed by atoms with Gasteiger partial charge < -0.3 is 9.64 Å². The Kier molecular flexibility index (Phi) is 3.42. The molecule has 1 spiro atoms. The van der Waals surface area contributed by atoms with E-state index in [1.54, 1.807) is 0 Å². The van der Waals surface area contributed by atoms with Crippen LogP contribution in [0.4, 0.5) is 5.69 Å². The van der Waals surface area contributed by atoms with Gasteiger partial charge in [0.15, 0.2) is 0 Å². The number of para-hydroxylation sites is 2. The highest BCUT2D eigenvalue weighted by atomic mass is 16.5. The van der Waals surface area contributed by atoms with Crippen molar-refractivity contribution in [2.45, 2.75) is 25.4 Å². The van der Waals surface area contributed by atoms with Crippen molar-refractivity contribution in [3.8, 4) is 5.75 Å². The van der Waals surface area contributed by atoms with Crippen molar-refractivity contribution in [1.82, 2.24) is 0 Å². The van der Waals surface area contributed by atoms with Gasteiger partial charge in [-0.2, -0.15) is 0 Å². The zero-order valence-corrected chi connectivity index (χ0v) is 17.2. The van der Waals surface area contributed by atoms with Gasteiger partial charge in [-0.15, -0.1) is 0 Å². The molecule has 148 valence electrons. The van der Waals surface area contributed by atoms with Crippen LogP contribution in [-0.2, 0) is 11.2 Å². The molecular weight excluding hydrogens is 370 g/mol. The van der Waals surface area contributed by atoms with Gasteiger partial charge in [0.05, 0.1) is 11.1 Å². The fourth-order valence-electron chi connectivity index (χ4n) is 5.88. The van der Waals surface area contributed by atoms with Gasteiger partial charge in [-0.25, -0.2) is 0 Å². The minimum absolute atomic E-state index is 0.140. The molecule has 0 saturated carbocycles. The topological polar surface area (TPSA) is 29.5 Å². The summed E-state index contributed by atoms with van der Waals surface area (Å²) in [5.74, 6) is 1.07. The summed E-state index contributed by atoms with van der Waals surface area (Å²) in [6.07, 6.45) is 1.43. The Morgan fingerprint density at radius 3 is 2.37 bits per heavy atom. The first-order valence-corrected chi connectivity index (χ1v) is 10.5. The summed E-state index contributed by atoms with van der Waals surface area (Å²) in [6, 6.07) is 27.0. The Morgan fingerprint density at radius 1 is 0.867 bits per heavy atom. The van der Waals surface area contributed by atoms with Gasteiger partial charge in [0.25, 0.3) is 0 Å². The van der Waals surface area contributed by atoms with Crippen molar-refractivity contribution in [3.05, 3.63) is 95.6 Å². The third-order valence-electron chi connectivity index (χ3n) is 7.02. The predicted octanol–water partition coefficient (Wildman–Crippen LogP) is 5.36. The van der Waals surface area contributed by atoms with E-state index in [9.17, 15) is 4.79 Å². The summed E-state index contributed by atoms with van der Waals surface area (Å²) in [5, 5.41) is 0. The van der Waals surface area contributed by atoms with Crippen molar-refractivity contribution in [2.75, 3.05) is 11.9 Å². The van der Waals surface area contributed by atoms with E-state index in [1.807, 2.05) is 42.3 Å². The first kappa shape index (κ1) is 17.5. The molecule has 6 rings (SSSR count). The van der Waals surface area contributed by atoms with Gasteiger partial charge in [-0.05, 0) is 35.8 Å². The SMILES string of the molecule is CN1C(=O)C2(C)CC3(Cc4ccccc4O3)C(c3ccccc3)=C2c2ccccc21. The maximum Gasteiger partial charge on any atom is 0.237 e. The van der Waals surface area contributed by atoms with Crippen LogP contribution in [0.1, 0.15) is 30.0 Å². The Bertz CT molecular complexity index is 1200. The summed E-state index contributed by atoms with van der Waals surface area (Å²) in [7, 11) is 1.89. The highest BCUT2D eigenvalue weighted by molar-refractivity contribution is 6.19. The number of carbonyl (C=O) groups is 1.